The second-order valence-electron chi connectivity index (χ2n) is 26.0. The van der Waals surface area contributed by atoms with Crippen molar-refractivity contribution in [3.8, 4) is 22.3 Å². The van der Waals surface area contributed by atoms with Gasteiger partial charge in [0.15, 0.2) is 0 Å². The zero-order valence-corrected chi connectivity index (χ0v) is 63.1. The van der Waals surface area contributed by atoms with Gasteiger partial charge in [-0.25, -0.2) is 8.78 Å². The van der Waals surface area contributed by atoms with Crippen molar-refractivity contribution in [2.45, 2.75) is 71.8 Å². The van der Waals surface area contributed by atoms with Crippen LogP contribution in [0.15, 0.2) is 394 Å². The molecule has 1 atom stereocenters. The van der Waals surface area contributed by atoms with Crippen molar-refractivity contribution in [2.75, 3.05) is 7.05 Å². The molecule has 0 aliphatic rings. The van der Waals surface area contributed by atoms with Gasteiger partial charge >= 0.3 is 0 Å². The highest BCUT2D eigenvalue weighted by Gasteiger charge is 2.23. The summed E-state index contributed by atoms with van der Waals surface area (Å²) < 4.78 is 28.3. The van der Waals surface area contributed by atoms with Crippen LogP contribution in [0.5, 0.6) is 0 Å². The van der Waals surface area contributed by atoms with Gasteiger partial charge in [0.05, 0.1) is 52.3 Å². The van der Waals surface area contributed by atoms with Crippen molar-refractivity contribution in [2.24, 2.45) is 30.0 Å². The zero-order chi connectivity index (χ0) is 77.2. The van der Waals surface area contributed by atoms with Crippen LogP contribution in [0.25, 0.3) is 22.3 Å². The van der Waals surface area contributed by atoms with Crippen molar-refractivity contribution >= 4 is 36.8 Å². The summed E-state index contributed by atoms with van der Waals surface area (Å²) in [5.74, 6) is -0.835. The Kier molecular flexibility index (Phi) is 32.7. The largest absolute Gasteiger partial charge is 0.294 e. The molecule has 0 radical (unpaired) electrons. The number of nitrogens with zero attached hydrogens (tertiary/aromatic N) is 11. The monoisotopic (exact) mass is 1450 g/mol. The quantitative estimate of drug-likeness (QED) is 0.0787. The first-order valence-corrected chi connectivity index (χ1v) is 36.4. The molecule has 0 bridgehead atoms. The van der Waals surface area contributed by atoms with Gasteiger partial charge in [-0.15, -0.1) is 0 Å². The van der Waals surface area contributed by atoms with Gasteiger partial charge in [-0.1, -0.05) is 267 Å². The molecule has 0 saturated heterocycles. The van der Waals surface area contributed by atoms with Gasteiger partial charge in [0.2, 0.25) is 0 Å². The summed E-state index contributed by atoms with van der Waals surface area (Å²) >= 11 is 0. The van der Waals surface area contributed by atoms with E-state index in [4.69, 9.17) is 9.98 Å². The first-order chi connectivity index (χ1) is 53.8. The van der Waals surface area contributed by atoms with Crippen molar-refractivity contribution in [3.05, 3.63) is 449 Å². The van der Waals surface area contributed by atoms with Crippen LogP contribution in [-0.4, -0.2) is 74.3 Å². The lowest BCUT2D eigenvalue weighted by Crippen LogP contribution is -2.09. The molecule has 1 unspecified atom stereocenters. The van der Waals surface area contributed by atoms with Crippen LogP contribution in [0.2, 0.25) is 0 Å². The van der Waals surface area contributed by atoms with Crippen molar-refractivity contribution in [1.82, 2.24) is 24.9 Å². The minimum atomic E-state index is -0.764. The molecule has 5 heterocycles. The highest BCUT2D eigenvalue weighted by molar-refractivity contribution is 5.97. The zero-order valence-electron chi connectivity index (χ0n) is 63.1. The van der Waals surface area contributed by atoms with E-state index in [1.54, 1.807) is 92.8 Å². The molecule has 110 heavy (non-hydrogen) atoms. The number of pyridine rings is 5. The standard InChI is InChI=1S/C33H28N2.C19H14F2N2.C14H14N2.C14H13N.C10H14N2.C7H8N2/c1-24-14-13-23-32(34-24)25(2)35-33(30-21-11-9-19-28(30)26-15-5-3-6-16-26)31-22-12-10-20-29(31)27-17-7-4-8-18-27;20-17-10-3-1-8-15(17)19(16-9-2-4-11-18(16)21)23-13-14-7-5-6-12-22-14;1-12(13-7-3-2-4-8-13)16-11-14-9-5-6-10-15-14;1-3-7-13(8-4-1)11-15-12-14-9-5-2-6-10-14;1-10(2,3)12-8-9-6-4-5-7-11-9;1-8-6-7-4-2-3-5-9-7/h3-23,33H,1-2H3;1-13,19H;2-12H,1H3;1-11H,12H2;4-8H,1-3H3;2-6H,1H3. The van der Waals surface area contributed by atoms with Crippen molar-refractivity contribution < 1.29 is 8.78 Å². The molecule has 5 aromatic heterocycles. The van der Waals surface area contributed by atoms with E-state index in [1.807, 2.05) is 153 Å². The molecular formula is C97H91F2N11. The molecule has 0 aliphatic heterocycles. The van der Waals surface area contributed by atoms with E-state index in [0.717, 1.165) is 46.3 Å². The van der Waals surface area contributed by atoms with Crippen LogP contribution >= 0.6 is 0 Å². The molecule has 0 amide bonds. The molecule has 0 N–H and O–H groups in total. The lowest BCUT2D eigenvalue weighted by Gasteiger charge is -2.22. The van der Waals surface area contributed by atoms with Crippen LogP contribution in [-0.2, 0) is 6.54 Å². The van der Waals surface area contributed by atoms with E-state index in [1.165, 1.54) is 62.9 Å². The number of benzene rings is 9. The summed E-state index contributed by atoms with van der Waals surface area (Å²) in [5, 5.41) is 0. The van der Waals surface area contributed by atoms with E-state index < -0.39 is 17.7 Å². The normalized spacial score (nSPS) is 11.5. The summed E-state index contributed by atoms with van der Waals surface area (Å²) in [7, 11) is 1.73. The number of rotatable bonds is 18. The van der Waals surface area contributed by atoms with Crippen molar-refractivity contribution in [3.63, 3.8) is 0 Å². The van der Waals surface area contributed by atoms with Gasteiger partial charge in [0.1, 0.15) is 23.7 Å². The van der Waals surface area contributed by atoms with E-state index in [9.17, 15) is 8.78 Å². The number of aromatic nitrogens is 5. The Labute approximate surface area is 647 Å². The average molecular weight is 1450 g/mol. The van der Waals surface area contributed by atoms with Crippen LogP contribution in [0, 0.1) is 18.6 Å². The second kappa shape index (κ2) is 44.5. The third-order valence-corrected chi connectivity index (χ3v) is 16.5. The molecule has 13 heteroatoms. The smallest absolute Gasteiger partial charge is 0.128 e. The minimum absolute atomic E-state index is 0.0163. The van der Waals surface area contributed by atoms with Crippen LogP contribution < -0.4 is 0 Å². The van der Waals surface area contributed by atoms with Gasteiger partial charge < -0.3 is 0 Å². The predicted octanol–water partition coefficient (Wildman–Crippen LogP) is 22.9. The molecular weight excluding hydrogens is 1360 g/mol. The van der Waals surface area contributed by atoms with E-state index in [2.05, 4.69) is 225 Å². The van der Waals surface area contributed by atoms with Crippen molar-refractivity contribution in [1.29, 1.82) is 0 Å². The molecule has 14 rings (SSSR count). The summed E-state index contributed by atoms with van der Waals surface area (Å²) in [6.45, 7) is 13.1. The second-order valence-corrected chi connectivity index (χ2v) is 26.0. The third-order valence-electron chi connectivity index (χ3n) is 16.5. The maximum absolute atomic E-state index is 14.2. The van der Waals surface area contributed by atoms with Crippen LogP contribution in [0.4, 0.5) is 8.78 Å². The van der Waals surface area contributed by atoms with E-state index in [-0.39, 0.29) is 17.6 Å². The Morgan fingerprint density at radius 3 is 1.24 bits per heavy atom. The average Bonchev–Trinajstić information content (AvgIpc) is 0.789. The Morgan fingerprint density at radius 2 is 0.791 bits per heavy atom. The topological polar surface area (TPSA) is 139 Å². The van der Waals surface area contributed by atoms with E-state index in [0.29, 0.717) is 16.8 Å². The highest BCUT2D eigenvalue weighted by Crippen LogP contribution is 2.39. The van der Waals surface area contributed by atoms with Crippen LogP contribution in [0.3, 0.4) is 0 Å². The Morgan fingerprint density at radius 1 is 0.391 bits per heavy atom. The molecule has 548 valence electrons. The fraction of sp³-hybridized carbons (Fsp3) is 0.124. The fourth-order valence-electron chi connectivity index (χ4n) is 11.0. The number of aliphatic imine (C=N–C) groups is 6. The highest BCUT2D eigenvalue weighted by atomic mass is 19.1. The number of hydrogen-bond acceptors (Lipinski definition) is 11. The Hall–Kier alpha value is -13.4. The van der Waals surface area contributed by atoms with Gasteiger partial charge in [0, 0.05) is 79.7 Å². The molecule has 0 spiro atoms. The number of hydrogen-bond donors (Lipinski definition) is 0. The van der Waals surface area contributed by atoms with Gasteiger partial charge in [-0.05, 0) is 164 Å². The third kappa shape index (κ3) is 27.5. The Balaban J connectivity index is 0.000000161. The number of halogens is 2. The van der Waals surface area contributed by atoms with Crippen LogP contribution in [0.1, 0.15) is 126 Å². The summed E-state index contributed by atoms with van der Waals surface area (Å²) in [6, 6.07) is 110. The van der Waals surface area contributed by atoms with Gasteiger partial charge in [-0.3, -0.25) is 54.9 Å². The minimum Gasteiger partial charge on any atom is -0.294 e. The molecule has 14 aromatic rings. The number of aryl methyl sites for hydroxylation is 1. The molecule has 0 aliphatic carbocycles. The Bertz CT molecular complexity index is 5020. The maximum atomic E-state index is 14.2. The maximum Gasteiger partial charge on any atom is 0.128 e. The molecule has 9 aromatic carbocycles. The summed E-state index contributed by atoms with van der Waals surface area (Å²) in [6.07, 6.45) is 15.7. The van der Waals surface area contributed by atoms with E-state index >= 15 is 0 Å². The summed E-state index contributed by atoms with van der Waals surface area (Å²) in [5.41, 5.74) is 17.5. The lowest BCUT2D eigenvalue weighted by molar-refractivity contribution is 0.577. The fourth-order valence-corrected chi connectivity index (χ4v) is 11.0. The van der Waals surface area contributed by atoms with Gasteiger partial charge in [0.25, 0.3) is 0 Å². The molecule has 11 nitrogen and oxygen atoms in total. The molecule has 0 fully saturated rings. The SMILES string of the molecule is C(=NCc1ccccc1)c1ccccc1.CC(=NC(c1ccccc1-c1ccccc1)c1ccccc1-c1ccccc1)c1cccc(C)n1.CC(C)(C)N=Cc1ccccn1.CC(N=Cc1ccccn1)c1ccccc1.CN=Cc1ccccn1.Fc1ccccc1C(N=Cc1ccccn1)c1ccccc1F. The molecule has 0 saturated carbocycles. The lowest BCUT2D eigenvalue weighted by atomic mass is 9.87. The predicted molar refractivity (Wildman–Crippen MR) is 453 cm³/mol. The summed E-state index contributed by atoms with van der Waals surface area (Å²) in [4.78, 5) is 48.0. The van der Waals surface area contributed by atoms with Gasteiger partial charge in [-0.2, -0.15) is 0 Å². The first-order valence-electron chi connectivity index (χ1n) is 36.4. The first kappa shape index (κ1) is 80.7.